The third-order valence-electron chi connectivity index (χ3n) is 6.10. The van der Waals surface area contributed by atoms with Crippen LogP contribution in [0.15, 0.2) is 53.5 Å². The highest BCUT2D eigenvalue weighted by Crippen LogP contribution is 2.33. The summed E-state index contributed by atoms with van der Waals surface area (Å²) in [6, 6.07) is 9.36. The molecule has 37 heavy (non-hydrogen) atoms. The minimum absolute atomic E-state index is 0.0383. The van der Waals surface area contributed by atoms with Crippen LogP contribution in [0.5, 0.6) is 0 Å². The van der Waals surface area contributed by atoms with Crippen LogP contribution in [0.25, 0.3) is 11.3 Å². The Morgan fingerprint density at radius 2 is 1.86 bits per heavy atom. The summed E-state index contributed by atoms with van der Waals surface area (Å²) in [4.78, 5) is 22.0. The largest absolute Gasteiger partial charge is 0.419 e. The number of carbonyl (C=O) groups is 1. The van der Waals surface area contributed by atoms with Crippen molar-refractivity contribution in [2.75, 3.05) is 6.54 Å². The topological polar surface area (TPSA) is 66.4 Å². The molecule has 0 spiro atoms. The second-order valence-corrected chi connectivity index (χ2v) is 8.92. The van der Waals surface area contributed by atoms with Gasteiger partial charge in [-0.05, 0) is 79.4 Å². The van der Waals surface area contributed by atoms with E-state index in [4.69, 9.17) is 0 Å². The minimum atomic E-state index is -4.86. The molecule has 0 fully saturated rings. The molecular weight excluding hydrogens is 491 g/mol. The van der Waals surface area contributed by atoms with Crippen molar-refractivity contribution in [1.29, 1.82) is 0 Å². The van der Waals surface area contributed by atoms with Gasteiger partial charge >= 0.3 is 6.18 Å². The summed E-state index contributed by atoms with van der Waals surface area (Å²) in [5.41, 5.74) is 1.16. The maximum absolute atomic E-state index is 13.7. The fraction of sp³-hybridized carbons (Fsp3) is 0.296. The smallest absolute Gasteiger partial charge is 0.370 e. The number of alkyl halides is 3. The van der Waals surface area contributed by atoms with Gasteiger partial charge < -0.3 is 10.6 Å². The molecule has 0 radical (unpaired) electrons. The van der Waals surface area contributed by atoms with Crippen molar-refractivity contribution in [1.82, 2.24) is 15.6 Å². The van der Waals surface area contributed by atoms with Gasteiger partial charge in [-0.1, -0.05) is 6.07 Å². The molecular formula is C27H25F5N4O. The Balaban J connectivity index is 1.63. The third-order valence-corrected chi connectivity index (χ3v) is 6.10. The predicted molar refractivity (Wildman–Crippen MR) is 130 cm³/mol. The van der Waals surface area contributed by atoms with Crippen LogP contribution in [0.4, 0.5) is 22.0 Å². The maximum Gasteiger partial charge on any atom is 0.419 e. The van der Waals surface area contributed by atoms with E-state index < -0.39 is 35.3 Å². The second-order valence-electron chi connectivity index (χ2n) is 8.92. The van der Waals surface area contributed by atoms with E-state index in [9.17, 15) is 26.7 Å². The third kappa shape index (κ3) is 6.31. The maximum atomic E-state index is 13.7. The quantitative estimate of drug-likeness (QED) is 0.388. The van der Waals surface area contributed by atoms with E-state index in [0.717, 1.165) is 36.9 Å². The van der Waals surface area contributed by atoms with E-state index in [2.05, 4.69) is 20.6 Å². The molecule has 5 nitrogen and oxygen atoms in total. The van der Waals surface area contributed by atoms with E-state index in [1.54, 1.807) is 25.1 Å². The molecule has 0 unspecified atom stereocenters. The Morgan fingerprint density at radius 3 is 2.54 bits per heavy atom. The fourth-order valence-corrected chi connectivity index (χ4v) is 4.13. The molecule has 0 saturated carbocycles. The van der Waals surface area contributed by atoms with Gasteiger partial charge in [0.25, 0.3) is 5.91 Å². The molecule has 10 heteroatoms. The first-order valence-electron chi connectivity index (χ1n) is 11.7. The number of halogens is 5. The molecule has 1 amide bonds. The van der Waals surface area contributed by atoms with E-state index in [0.29, 0.717) is 29.4 Å². The van der Waals surface area contributed by atoms with Gasteiger partial charge in [-0.3, -0.25) is 9.79 Å². The Hall–Kier alpha value is -3.82. The summed E-state index contributed by atoms with van der Waals surface area (Å²) in [5, 5.41) is 5.89. The van der Waals surface area contributed by atoms with E-state index >= 15 is 0 Å². The minimum Gasteiger partial charge on any atom is -0.370 e. The zero-order valence-electron chi connectivity index (χ0n) is 20.2. The lowest BCUT2D eigenvalue weighted by Crippen LogP contribution is -2.28. The fourth-order valence-electron chi connectivity index (χ4n) is 4.13. The summed E-state index contributed by atoms with van der Waals surface area (Å²) >= 11 is 0. The molecule has 2 N–H and O–H groups in total. The number of aryl methyl sites for hydroxylation is 1. The van der Waals surface area contributed by atoms with Gasteiger partial charge in [0.1, 0.15) is 17.3 Å². The molecule has 0 saturated heterocycles. The second kappa shape index (κ2) is 10.7. The Morgan fingerprint density at radius 1 is 1.08 bits per heavy atom. The van der Waals surface area contributed by atoms with Crippen LogP contribution < -0.4 is 10.6 Å². The first-order valence-corrected chi connectivity index (χ1v) is 11.7. The highest BCUT2D eigenvalue weighted by Gasteiger charge is 2.34. The van der Waals surface area contributed by atoms with Crippen molar-refractivity contribution in [3.63, 3.8) is 0 Å². The number of hydrogen-bond acceptors (Lipinski definition) is 4. The van der Waals surface area contributed by atoms with Gasteiger partial charge in [0.2, 0.25) is 0 Å². The molecule has 0 aliphatic carbocycles. The molecule has 0 bridgehead atoms. The van der Waals surface area contributed by atoms with Crippen LogP contribution in [0, 0.1) is 18.6 Å². The molecule has 1 atom stereocenters. The summed E-state index contributed by atoms with van der Waals surface area (Å²) in [6.07, 6.45) is -3.07. The van der Waals surface area contributed by atoms with E-state index in [1.807, 2.05) is 0 Å². The van der Waals surface area contributed by atoms with Crippen LogP contribution in [-0.4, -0.2) is 23.3 Å². The number of benzene rings is 2. The number of hydrogen-bond donors (Lipinski definition) is 2. The number of nitrogens with zero attached hydrogens (tertiary/aromatic N) is 2. The summed E-state index contributed by atoms with van der Waals surface area (Å²) < 4.78 is 66.8. The molecule has 4 rings (SSSR count). The molecule has 194 valence electrons. The highest BCUT2D eigenvalue weighted by molar-refractivity contribution is 5.93. The number of pyridine rings is 1. The lowest BCUT2D eigenvalue weighted by molar-refractivity contribution is -0.140. The monoisotopic (exact) mass is 516 g/mol. The van der Waals surface area contributed by atoms with Gasteiger partial charge in [0.15, 0.2) is 0 Å². The van der Waals surface area contributed by atoms with Crippen molar-refractivity contribution in [3.05, 3.63) is 88.1 Å². The Kier molecular flexibility index (Phi) is 7.56. The lowest BCUT2D eigenvalue weighted by atomic mass is 10.0. The predicted octanol–water partition coefficient (Wildman–Crippen LogP) is 6.13. The molecule has 1 aromatic heterocycles. The zero-order valence-corrected chi connectivity index (χ0v) is 20.2. The van der Waals surface area contributed by atoms with Crippen molar-refractivity contribution >= 4 is 11.7 Å². The number of amides is 1. The van der Waals surface area contributed by atoms with Crippen LogP contribution in [0.3, 0.4) is 0 Å². The van der Waals surface area contributed by atoms with E-state index in [-0.39, 0.29) is 11.3 Å². The summed E-state index contributed by atoms with van der Waals surface area (Å²) in [6.45, 7) is 4.36. The van der Waals surface area contributed by atoms with Crippen molar-refractivity contribution in [2.45, 2.75) is 45.5 Å². The number of amidine groups is 1. The number of rotatable bonds is 6. The summed E-state index contributed by atoms with van der Waals surface area (Å²) in [5.74, 6) is -1.54. The van der Waals surface area contributed by atoms with Crippen molar-refractivity contribution in [2.24, 2.45) is 4.99 Å². The summed E-state index contributed by atoms with van der Waals surface area (Å²) in [7, 11) is 0. The first-order chi connectivity index (χ1) is 17.5. The molecule has 2 heterocycles. The zero-order chi connectivity index (χ0) is 26.7. The van der Waals surface area contributed by atoms with Crippen molar-refractivity contribution < 1.29 is 26.7 Å². The molecule has 3 aromatic rings. The van der Waals surface area contributed by atoms with Gasteiger partial charge in [-0.2, -0.15) is 13.2 Å². The van der Waals surface area contributed by atoms with Gasteiger partial charge in [-0.15, -0.1) is 0 Å². The number of nitrogens with one attached hydrogen (secondary N) is 2. The normalized spacial score (nSPS) is 14.3. The number of aliphatic imine (C=N–C) groups is 1. The Labute approximate surface area is 210 Å². The van der Waals surface area contributed by atoms with Gasteiger partial charge in [0.05, 0.1) is 23.1 Å². The van der Waals surface area contributed by atoms with Crippen LogP contribution in [0.2, 0.25) is 0 Å². The van der Waals surface area contributed by atoms with Crippen molar-refractivity contribution in [3.8, 4) is 11.3 Å². The van der Waals surface area contributed by atoms with Crippen LogP contribution in [-0.2, 0) is 12.7 Å². The van der Waals surface area contributed by atoms with Gasteiger partial charge in [-0.25, -0.2) is 13.8 Å². The average molecular weight is 517 g/mol. The molecule has 1 aliphatic heterocycles. The number of carbonyl (C=O) groups excluding carboxylic acids is 1. The number of aromatic nitrogens is 1. The standard InChI is InChI=1S/C27H25F5N4O/c1-15-10-19(28)6-7-20(15)23-11-17(14-34-25-4-3-9-33-25)12-24(36-23)26(37)35-16(2)18-5-8-22(29)21(13-18)27(30,31)32/h5-8,10-13,16H,3-4,9,14H2,1-2H3,(H,33,34)(H,35,37)/t16-/m0/s1. The van der Waals surface area contributed by atoms with Crippen LogP contribution >= 0.6 is 0 Å². The molecule has 2 aromatic carbocycles. The highest BCUT2D eigenvalue weighted by atomic mass is 19.4. The average Bonchev–Trinajstić information content (AvgIpc) is 3.36. The van der Waals surface area contributed by atoms with Crippen LogP contribution in [0.1, 0.15) is 58.5 Å². The SMILES string of the molecule is Cc1cc(F)ccc1-c1cc(CNC2=NCCC2)cc(C(=O)N[C@@H](C)c2ccc(F)c(C(F)(F)F)c2)n1. The first kappa shape index (κ1) is 26.2. The Bertz CT molecular complexity index is 1350. The lowest BCUT2D eigenvalue weighted by Gasteiger charge is -2.17. The van der Waals surface area contributed by atoms with E-state index in [1.165, 1.54) is 25.1 Å². The molecule has 1 aliphatic rings. The van der Waals surface area contributed by atoms with Gasteiger partial charge in [0, 0.05) is 25.1 Å².